The molecule has 0 saturated carbocycles. The first kappa shape index (κ1) is 10.7. The Labute approximate surface area is 83.1 Å². The molecule has 0 saturated heterocycles. The molecular formula is C11H14FNO. The minimum atomic E-state index is -0.346. The smallest absolute Gasteiger partial charge is 0.251 e. The van der Waals surface area contributed by atoms with E-state index in [0.717, 1.165) is 0 Å². The number of nitrogens with one attached hydrogen (secondary N) is 1. The third-order valence-corrected chi connectivity index (χ3v) is 1.93. The quantitative estimate of drug-likeness (QED) is 0.770. The summed E-state index contributed by atoms with van der Waals surface area (Å²) in [7, 11) is 0. The molecule has 2 nitrogen and oxygen atoms in total. The van der Waals surface area contributed by atoms with Crippen LogP contribution >= 0.6 is 0 Å². The SMILES string of the molecule is Cc1c(F)cccc1C(=O)NC(C)C. The number of amides is 1. The van der Waals surface area contributed by atoms with Crippen molar-refractivity contribution in [2.75, 3.05) is 0 Å². The molecule has 0 aliphatic rings. The van der Waals surface area contributed by atoms with Gasteiger partial charge in [-0.15, -0.1) is 0 Å². The molecule has 0 heterocycles. The maximum atomic E-state index is 13.1. The van der Waals surface area contributed by atoms with Gasteiger partial charge in [-0.05, 0) is 38.5 Å². The summed E-state index contributed by atoms with van der Waals surface area (Å²) in [4.78, 5) is 11.6. The van der Waals surface area contributed by atoms with Gasteiger partial charge in [0.2, 0.25) is 0 Å². The van der Waals surface area contributed by atoms with E-state index in [1.165, 1.54) is 12.1 Å². The van der Waals surface area contributed by atoms with Crippen LogP contribution in [0.25, 0.3) is 0 Å². The van der Waals surface area contributed by atoms with Crippen molar-refractivity contribution in [3.8, 4) is 0 Å². The van der Waals surface area contributed by atoms with E-state index in [0.29, 0.717) is 11.1 Å². The van der Waals surface area contributed by atoms with Gasteiger partial charge >= 0.3 is 0 Å². The lowest BCUT2D eigenvalue weighted by Crippen LogP contribution is -2.30. The molecule has 0 atom stereocenters. The molecule has 1 amide bonds. The molecule has 14 heavy (non-hydrogen) atoms. The maximum Gasteiger partial charge on any atom is 0.251 e. The monoisotopic (exact) mass is 195 g/mol. The molecule has 1 rings (SSSR count). The topological polar surface area (TPSA) is 29.1 Å². The molecule has 0 fully saturated rings. The second kappa shape index (κ2) is 4.22. The molecule has 0 radical (unpaired) electrons. The van der Waals surface area contributed by atoms with Crippen LogP contribution < -0.4 is 5.32 Å². The summed E-state index contributed by atoms with van der Waals surface area (Å²) >= 11 is 0. The van der Waals surface area contributed by atoms with Crippen molar-refractivity contribution in [3.05, 3.63) is 35.1 Å². The summed E-state index contributed by atoms with van der Waals surface area (Å²) in [5, 5.41) is 2.72. The Kier molecular flexibility index (Phi) is 3.23. The molecule has 3 heteroatoms. The van der Waals surface area contributed by atoms with Gasteiger partial charge in [0.05, 0.1) is 0 Å². The third-order valence-electron chi connectivity index (χ3n) is 1.93. The van der Waals surface area contributed by atoms with Crippen molar-refractivity contribution < 1.29 is 9.18 Å². The van der Waals surface area contributed by atoms with Crippen LogP contribution in [-0.2, 0) is 0 Å². The van der Waals surface area contributed by atoms with Crippen molar-refractivity contribution >= 4 is 5.91 Å². The molecule has 1 aromatic rings. The first-order chi connectivity index (χ1) is 6.52. The second-order valence-corrected chi connectivity index (χ2v) is 3.54. The first-order valence-corrected chi connectivity index (χ1v) is 4.58. The Morgan fingerprint density at radius 1 is 1.43 bits per heavy atom. The normalized spacial score (nSPS) is 10.4. The number of carbonyl (C=O) groups excluding carboxylic acids is 1. The van der Waals surface area contributed by atoms with Gasteiger partial charge in [0, 0.05) is 11.6 Å². The van der Waals surface area contributed by atoms with E-state index in [1.54, 1.807) is 13.0 Å². The predicted molar refractivity (Wildman–Crippen MR) is 53.7 cm³/mol. The average Bonchev–Trinajstić information content (AvgIpc) is 2.08. The van der Waals surface area contributed by atoms with Crippen LogP contribution in [0.2, 0.25) is 0 Å². The fourth-order valence-corrected chi connectivity index (χ4v) is 1.19. The summed E-state index contributed by atoms with van der Waals surface area (Å²) < 4.78 is 13.1. The Bertz CT molecular complexity index is 347. The summed E-state index contributed by atoms with van der Waals surface area (Å²) in [5.74, 6) is -0.571. The van der Waals surface area contributed by atoms with Crippen LogP contribution in [0.4, 0.5) is 4.39 Å². The Balaban J connectivity index is 2.96. The van der Waals surface area contributed by atoms with Gasteiger partial charge in [0.1, 0.15) is 5.82 Å². The van der Waals surface area contributed by atoms with Crippen LogP contribution in [0.5, 0.6) is 0 Å². The van der Waals surface area contributed by atoms with E-state index < -0.39 is 0 Å². The van der Waals surface area contributed by atoms with Gasteiger partial charge in [-0.25, -0.2) is 4.39 Å². The van der Waals surface area contributed by atoms with Crippen LogP contribution in [0.1, 0.15) is 29.8 Å². The van der Waals surface area contributed by atoms with E-state index in [1.807, 2.05) is 13.8 Å². The average molecular weight is 195 g/mol. The number of hydrogen-bond donors (Lipinski definition) is 1. The second-order valence-electron chi connectivity index (χ2n) is 3.54. The molecular weight excluding hydrogens is 181 g/mol. The third kappa shape index (κ3) is 2.31. The zero-order valence-electron chi connectivity index (χ0n) is 8.60. The predicted octanol–water partition coefficient (Wildman–Crippen LogP) is 2.27. The molecule has 1 aromatic carbocycles. The van der Waals surface area contributed by atoms with Gasteiger partial charge in [-0.1, -0.05) is 6.07 Å². The Morgan fingerprint density at radius 2 is 2.07 bits per heavy atom. The van der Waals surface area contributed by atoms with Crippen molar-refractivity contribution in [3.63, 3.8) is 0 Å². The van der Waals surface area contributed by atoms with E-state index in [9.17, 15) is 9.18 Å². The number of hydrogen-bond acceptors (Lipinski definition) is 1. The highest BCUT2D eigenvalue weighted by Crippen LogP contribution is 2.11. The highest BCUT2D eigenvalue weighted by Gasteiger charge is 2.11. The number of carbonyl (C=O) groups is 1. The zero-order chi connectivity index (χ0) is 10.7. The Hall–Kier alpha value is -1.38. The van der Waals surface area contributed by atoms with E-state index in [-0.39, 0.29) is 17.8 Å². The summed E-state index contributed by atoms with van der Waals surface area (Å²) in [6, 6.07) is 4.57. The molecule has 76 valence electrons. The lowest BCUT2D eigenvalue weighted by molar-refractivity contribution is 0.0942. The number of rotatable bonds is 2. The number of halogens is 1. The molecule has 0 aromatic heterocycles. The highest BCUT2D eigenvalue weighted by atomic mass is 19.1. The fourth-order valence-electron chi connectivity index (χ4n) is 1.19. The lowest BCUT2D eigenvalue weighted by Gasteiger charge is -2.10. The number of benzene rings is 1. The Morgan fingerprint density at radius 3 is 2.64 bits per heavy atom. The van der Waals surface area contributed by atoms with Crippen molar-refractivity contribution in [1.82, 2.24) is 5.32 Å². The van der Waals surface area contributed by atoms with Crippen LogP contribution in [-0.4, -0.2) is 11.9 Å². The van der Waals surface area contributed by atoms with Crippen molar-refractivity contribution in [2.45, 2.75) is 26.8 Å². The van der Waals surface area contributed by atoms with Crippen LogP contribution in [0.3, 0.4) is 0 Å². The van der Waals surface area contributed by atoms with Crippen LogP contribution in [0, 0.1) is 12.7 Å². The molecule has 1 N–H and O–H groups in total. The molecule has 0 bridgehead atoms. The van der Waals surface area contributed by atoms with Gasteiger partial charge < -0.3 is 5.32 Å². The lowest BCUT2D eigenvalue weighted by atomic mass is 10.1. The van der Waals surface area contributed by atoms with Crippen molar-refractivity contribution in [1.29, 1.82) is 0 Å². The van der Waals surface area contributed by atoms with E-state index in [4.69, 9.17) is 0 Å². The van der Waals surface area contributed by atoms with Gasteiger partial charge in [0.25, 0.3) is 5.91 Å². The summed E-state index contributed by atoms with van der Waals surface area (Å²) in [6.07, 6.45) is 0. The highest BCUT2D eigenvalue weighted by molar-refractivity contribution is 5.95. The van der Waals surface area contributed by atoms with Crippen LogP contribution in [0.15, 0.2) is 18.2 Å². The zero-order valence-corrected chi connectivity index (χ0v) is 8.60. The van der Waals surface area contributed by atoms with Gasteiger partial charge in [-0.2, -0.15) is 0 Å². The summed E-state index contributed by atoms with van der Waals surface area (Å²) in [5.41, 5.74) is 0.796. The van der Waals surface area contributed by atoms with Gasteiger partial charge in [-0.3, -0.25) is 4.79 Å². The molecule has 0 aliphatic carbocycles. The minimum absolute atomic E-state index is 0.0603. The van der Waals surface area contributed by atoms with Gasteiger partial charge in [0.15, 0.2) is 0 Å². The largest absolute Gasteiger partial charge is 0.350 e. The molecule has 0 unspecified atom stereocenters. The molecule has 0 spiro atoms. The molecule has 0 aliphatic heterocycles. The standard InChI is InChI=1S/C11H14FNO/c1-7(2)13-11(14)9-5-4-6-10(12)8(9)3/h4-7H,1-3H3,(H,13,14). The van der Waals surface area contributed by atoms with E-state index in [2.05, 4.69) is 5.32 Å². The maximum absolute atomic E-state index is 13.1. The summed E-state index contributed by atoms with van der Waals surface area (Å²) in [6.45, 7) is 5.34. The van der Waals surface area contributed by atoms with Crippen molar-refractivity contribution in [2.24, 2.45) is 0 Å². The minimum Gasteiger partial charge on any atom is -0.350 e. The first-order valence-electron chi connectivity index (χ1n) is 4.58. The van der Waals surface area contributed by atoms with E-state index >= 15 is 0 Å². The fraction of sp³-hybridized carbons (Fsp3) is 0.364.